The fourth-order valence-corrected chi connectivity index (χ4v) is 7.37. The van der Waals surface area contributed by atoms with Gasteiger partial charge in [0.05, 0.1) is 14.2 Å². The number of thioether (sulfide) groups is 1. The number of hydrogen-bond acceptors (Lipinski definition) is 8. The van der Waals surface area contributed by atoms with Crippen LogP contribution in [0.2, 0.25) is 5.02 Å². The van der Waals surface area contributed by atoms with Gasteiger partial charge in [-0.25, -0.2) is 0 Å². The number of aliphatic hydroxyl groups excluding tert-OH is 1. The molecule has 3 aromatic carbocycles. The number of fused-ring (bicyclic) bond motifs is 2. The van der Waals surface area contributed by atoms with Crippen LogP contribution in [-0.2, 0) is 16.0 Å². The Morgan fingerprint density at radius 1 is 1.15 bits per heavy atom. The summed E-state index contributed by atoms with van der Waals surface area (Å²) >= 11 is 8.16. The molecule has 0 saturated carbocycles. The first-order chi connectivity index (χ1) is 22.6. The molecule has 47 heavy (non-hydrogen) atoms. The Morgan fingerprint density at radius 2 is 1.87 bits per heavy atom. The third-order valence-electron chi connectivity index (χ3n) is 9.16. The van der Waals surface area contributed by atoms with E-state index in [1.807, 2.05) is 61.0 Å². The van der Waals surface area contributed by atoms with Gasteiger partial charge in [-0.2, -0.15) is 0 Å². The molecule has 11 heteroatoms. The minimum absolute atomic E-state index is 0.0101. The van der Waals surface area contributed by atoms with Crippen LogP contribution in [0.3, 0.4) is 0 Å². The van der Waals surface area contributed by atoms with Crippen LogP contribution < -0.4 is 19.5 Å². The molecule has 2 heterocycles. The first-order valence-electron chi connectivity index (χ1n) is 15.2. The summed E-state index contributed by atoms with van der Waals surface area (Å²) in [5.74, 6) is -2.98. The maximum absolute atomic E-state index is 14.3. The molecule has 6 rings (SSSR count). The molecule has 1 aliphatic carbocycles. The van der Waals surface area contributed by atoms with Crippen molar-refractivity contribution in [3.63, 3.8) is 0 Å². The molecule has 1 unspecified atom stereocenters. The van der Waals surface area contributed by atoms with E-state index in [1.54, 1.807) is 18.7 Å². The van der Waals surface area contributed by atoms with Crippen molar-refractivity contribution in [2.75, 3.05) is 27.0 Å². The summed E-state index contributed by atoms with van der Waals surface area (Å²) in [4.78, 5) is 45.9. The number of amides is 1. The van der Waals surface area contributed by atoms with E-state index in [0.29, 0.717) is 18.5 Å². The van der Waals surface area contributed by atoms with E-state index in [1.165, 1.54) is 20.3 Å². The number of carbonyl (C=O) groups excluding carboxylic acids is 3. The summed E-state index contributed by atoms with van der Waals surface area (Å²) in [5, 5.41) is 16.2. The highest BCUT2D eigenvalue weighted by Crippen LogP contribution is 2.55. The molecule has 4 aromatic rings. The number of halogens is 1. The van der Waals surface area contributed by atoms with Gasteiger partial charge in [0.2, 0.25) is 17.3 Å². The van der Waals surface area contributed by atoms with Crippen LogP contribution in [0.1, 0.15) is 47.2 Å². The molecule has 0 bridgehead atoms. The molecule has 1 aliphatic heterocycles. The number of ketones is 2. The lowest BCUT2D eigenvalue weighted by Gasteiger charge is -2.38. The molecular weight excluding hydrogens is 640 g/mol. The molecule has 0 saturated heterocycles. The van der Waals surface area contributed by atoms with Crippen molar-refractivity contribution < 1.29 is 33.7 Å². The quantitative estimate of drug-likeness (QED) is 0.156. The molecule has 1 aromatic heterocycles. The van der Waals surface area contributed by atoms with E-state index in [4.69, 9.17) is 25.8 Å². The Labute approximate surface area is 281 Å². The lowest BCUT2D eigenvalue weighted by atomic mass is 9.69. The Balaban J connectivity index is 1.36. The van der Waals surface area contributed by atoms with Crippen LogP contribution in [0.5, 0.6) is 17.2 Å². The van der Waals surface area contributed by atoms with Gasteiger partial charge in [0.25, 0.3) is 0 Å². The highest BCUT2D eigenvalue weighted by atomic mass is 35.5. The summed E-state index contributed by atoms with van der Waals surface area (Å²) in [5.41, 5.74) is 0.821. The van der Waals surface area contributed by atoms with Gasteiger partial charge in [-0.05, 0) is 42.0 Å². The number of para-hydroxylation sites is 1. The molecule has 0 fully saturated rings. The van der Waals surface area contributed by atoms with Gasteiger partial charge in [-0.3, -0.25) is 14.4 Å². The SMILES string of the molecule is COc1cc(OC)c2c(c1Cl)O[C@]1(C2=O)C(O)=C(C(CC(=O)NCCc2c[nH]c3ccccc23)c2ccc(SC)cc2)C(=O)C[C@H]1C. The summed E-state index contributed by atoms with van der Waals surface area (Å²) in [6.45, 7) is 2.04. The van der Waals surface area contributed by atoms with Gasteiger partial charge in [-0.1, -0.05) is 48.9 Å². The van der Waals surface area contributed by atoms with Crippen LogP contribution in [0.4, 0.5) is 0 Å². The van der Waals surface area contributed by atoms with E-state index in [2.05, 4.69) is 10.3 Å². The number of carbonyl (C=O) groups is 3. The second-order valence-electron chi connectivity index (χ2n) is 11.7. The van der Waals surface area contributed by atoms with Gasteiger partial charge in [-0.15, -0.1) is 11.8 Å². The van der Waals surface area contributed by atoms with Gasteiger partial charge < -0.3 is 29.6 Å². The Bertz CT molecular complexity index is 1920. The number of ether oxygens (including phenoxy) is 3. The van der Waals surface area contributed by atoms with Crippen molar-refractivity contribution >= 4 is 51.7 Å². The van der Waals surface area contributed by atoms with E-state index in [-0.39, 0.29) is 57.9 Å². The predicted molar refractivity (Wildman–Crippen MR) is 181 cm³/mol. The standard InChI is InChI=1S/C36H35ClN2O7S/c1-19-15-26(40)30(34(42)36(19)35(43)31-27(44-2)17-28(45-3)32(37)33(31)46-36)24(20-9-11-22(47-4)12-10-20)16-29(41)38-14-13-21-18-39-25-8-6-5-7-23(21)25/h5-12,17-19,24,39,42H,13-16H2,1-4H3,(H,38,41)/t19-,24?,36+/m1/s1. The maximum Gasteiger partial charge on any atom is 0.231 e. The Hall–Kier alpha value is -4.41. The molecule has 1 spiro atoms. The van der Waals surface area contributed by atoms with Crippen LogP contribution in [0.15, 0.2) is 77.0 Å². The van der Waals surface area contributed by atoms with Crippen molar-refractivity contribution in [3.8, 4) is 17.2 Å². The number of nitrogens with one attached hydrogen (secondary N) is 2. The van der Waals surface area contributed by atoms with Crippen molar-refractivity contribution in [2.45, 2.75) is 42.6 Å². The number of methoxy groups -OCH3 is 2. The molecular formula is C36H35ClN2O7S. The Kier molecular flexibility index (Phi) is 9.00. The van der Waals surface area contributed by atoms with Crippen LogP contribution in [-0.4, -0.2) is 60.2 Å². The van der Waals surface area contributed by atoms with Crippen LogP contribution in [0, 0.1) is 5.92 Å². The zero-order chi connectivity index (χ0) is 33.5. The number of aromatic amines is 1. The summed E-state index contributed by atoms with van der Waals surface area (Å²) in [6, 6.07) is 16.9. The highest BCUT2D eigenvalue weighted by Gasteiger charge is 2.61. The second kappa shape index (κ2) is 13.0. The third-order valence-corrected chi connectivity index (χ3v) is 10.3. The lowest BCUT2D eigenvalue weighted by Crippen LogP contribution is -2.53. The number of H-pyrrole nitrogens is 1. The Morgan fingerprint density at radius 3 is 2.57 bits per heavy atom. The zero-order valence-electron chi connectivity index (χ0n) is 26.4. The molecule has 3 atom stereocenters. The first kappa shape index (κ1) is 32.5. The summed E-state index contributed by atoms with van der Waals surface area (Å²) in [7, 11) is 2.83. The average molecular weight is 675 g/mol. The van der Waals surface area contributed by atoms with E-state index in [0.717, 1.165) is 21.4 Å². The van der Waals surface area contributed by atoms with E-state index in [9.17, 15) is 19.5 Å². The largest absolute Gasteiger partial charge is 0.507 e. The first-order valence-corrected chi connectivity index (χ1v) is 16.9. The molecule has 9 nitrogen and oxygen atoms in total. The van der Waals surface area contributed by atoms with Gasteiger partial charge >= 0.3 is 0 Å². The fraction of sp³-hybridized carbons (Fsp3) is 0.306. The summed E-state index contributed by atoms with van der Waals surface area (Å²) < 4.78 is 17.2. The number of rotatable bonds is 10. The number of Topliss-reactive ketones (excluding diaryl/α,β-unsaturated/α-hetero) is 2. The normalized spacial score (nSPS) is 19.6. The number of aliphatic hydroxyl groups is 1. The van der Waals surface area contributed by atoms with Crippen molar-refractivity contribution in [1.29, 1.82) is 0 Å². The predicted octanol–water partition coefficient (Wildman–Crippen LogP) is 6.83. The fourth-order valence-electron chi connectivity index (χ4n) is 6.69. The minimum Gasteiger partial charge on any atom is -0.507 e. The topological polar surface area (TPSA) is 127 Å². The molecule has 2 aliphatic rings. The van der Waals surface area contributed by atoms with E-state index >= 15 is 0 Å². The second-order valence-corrected chi connectivity index (χ2v) is 13.0. The van der Waals surface area contributed by atoms with Crippen LogP contribution in [0.25, 0.3) is 10.9 Å². The number of hydrogen-bond donors (Lipinski definition) is 3. The molecule has 3 N–H and O–H groups in total. The van der Waals surface area contributed by atoms with E-state index < -0.39 is 29.0 Å². The number of benzene rings is 3. The van der Waals surface area contributed by atoms with Crippen molar-refractivity contribution in [1.82, 2.24) is 10.3 Å². The molecule has 1 amide bonds. The maximum atomic E-state index is 14.3. The van der Waals surface area contributed by atoms with Gasteiger partial charge in [0.1, 0.15) is 22.1 Å². The number of allylic oxidation sites excluding steroid dienone is 1. The highest BCUT2D eigenvalue weighted by molar-refractivity contribution is 7.98. The monoisotopic (exact) mass is 674 g/mol. The average Bonchev–Trinajstić information content (AvgIpc) is 3.63. The molecule has 244 valence electrons. The number of aromatic nitrogens is 1. The van der Waals surface area contributed by atoms with Crippen LogP contribution >= 0.6 is 23.4 Å². The summed E-state index contributed by atoms with van der Waals surface area (Å²) in [6.07, 6.45) is 4.25. The van der Waals surface area contributed by atoms with Gasteiger partial charge in [0.15, 0.2) is 17.3 Å². The minimum atomic E-state index is -1.95. The van der Waals surface area contributed by atoms with Gasteiger partial charge in [0, 0.05) is 64.9 Å². The zero-order valence-corrected chi connectivity index (χ0v) is 28.0. The smallest absolute Gasteiger partial charge is 0.231 e. The van der Waals surface area contributed by atoms with Crippen molar-refractivity contribution in [2.24, 2.45) is 5.92 Å². The van der Waals surface area contributed by atoms with Crippen molar-refractivity contribution in [3.05, 3.63) is 93.8 Å². The lowest BCUT2D eigenvalue weighted by molar-refractivity contribution is -0.121. The molecule has 0 radical (unpaired) electrons. The third kappa shape index (κ3) is 5.53.